The van der Waals surface area contributed by atoms with E-state index in [2.05, 4.69) is 4.98 Å². The van der Waals surface area contributed by atoms with E-state index in [1.807, 2.05) is 25.1 Å². The Kier molecular flexibility index (Phi) is 6.36. The Morgan fingerprint density at radius 3 is 2.68 bits per heavy atom. The first-order valence-corrected chi connectivity index (χ1v) is 12.0. The second-order valence-electron chi connectivity index (χ2n) is 7.51. The molecule has 0 radical (unpaired) electrons. The normalized spacial score (nSPS) is 17.0. The lowest BCUT2D eigenvalue weighted by Gasteiger charge is -2.33. The summed E-state index contributed by atoms with van der Waals surface area (Å²) in [5, 5.41) is -0.0402. The molecule has 2 aliphatic rings. The van der Waals surface area contributed by atoms with Crippen molar-refractivity contribution in [3.63, 3.8) is 0 Å². The summed E-state index contributed by atoms with van der Waals surface area (Å²) in [6, 6.07) is 8.67. The number of aromatic nitrogens is 1. The van der Waals surface area contributed by atoms with Crippen LogP contribution in [-0.2, 0) is 21.4 Å². The van der Waals surface area contributed by atoms with Gasteiger partial charge in [0.25, 0.3) is 0 Å². The Balaban J connectivity index is 1.39. The lowest BCUT2D eigenvalue weighted by Crippen LogP contribution is -2.44. The number of ether oxygens (including phenoxy) is 2. The van der Waals surface area contributed by atoms with Crippen molar-refractivity contribution in [1.82, 2.24) is 14.2 Å². The topological polar surface area (TPSA) is 89.0 Å². The van der Waals surface area contributed by atoms with Gasteiger partial charge in [0.05, 0.1) is 0 Å². The largest absolute Gasteiger partial charge is 0.454 e. The molecule has 2 aliphatic heterocycles. The lowest BCUT2D eigenvalue weighted by atomic mass is 9.96. The van der Waals surface area contributed by atoms with Crippen LogP contribution in [0.25, 0.3) is 0 Å². The summed E-state index contributed by atoms with van der Waals surface area (Å²) in [6.07, 6.45) is 2.38. The number of fused-ring (bicyclic) bond motifs is 1. The zero-order valence-corrected chi connectivity index (χ0v) is 18.7. The maximum Gasteiger partial charge on any atom is 0.246 e. The average Bonchev–Trinajstić information content (AvgIpc) is 3.25. The molecule has 3 heterocycles. The van der Waals surface area contributed by atoms with Crippen molar-refractivity contribution < 1.29 is 22.7 Å². The van der Waals surface area contributed by atoms with Crippen LogP contribution in [0.5, 0.6) is 11.5 Å². The van der Waals surface area contributed by atoms with E-state index in [0.717, 1.165) is 5.56 Å². The molecule has 1 aromatic carbocycles. The molecule has 0 unspecified atom stereocenters. The minimum atomic E-state index is -3.73. The van der Waals surface area contributed by atoms with Gasteiger partial charge in [0.2, 0.25) is 22.7 Å². The fourth-order valence-corrected chi connectivity index (χ4v) is 5.81. The highest BCUT2D eigenvalue weighted by atomic mass is 35.5. The molecule has 0 aliphatic carbocycles. The number of rotatable bonds is 6. The van der Waals surface area contributed by atoms with E-state index < -0.39 is 10.0 Å². The van der Waals surface area contributed by atoms with Gasteiger partial charge in [-0.2, -0.15) is 4.31 Å². The first kappa shape index (κ1) is 21.9. The molecular weight excluding hydrogens is 442 g/mol. The van der Waals surface area contributed by atoms with Crippen LogP contribution in [0.1, 0.15) is 25.3 Å². The second kappa shape index (κ2) is 9.02. The first-order chi connectivity index (χ1) is 14.9. The smallest absolute Gasteiger partial charge is 0.246 e. The molecule has 0 spiro atoms. The predicted molar refractivity (Wildman–Crippen MR) is 114 cm³/mol. The van der Waals surface area contributed by atoms with Crippen molar-refractivity contribution in [3.05, 3.63) is 47.2 Å². The molecule has 1 fully saturated rings. The highest BCUT2D eigenvalue weighted by Crippen LogP contribution is 2.33. The molecule has 4 rings (SSSR count). The van der Waals surface area contributed by atoms with Crippen molar-refractivity contribution in [2.24, 2.45) is 5.92 Å². The summed E-state index contributed by atoms with van der Waals surface area (Å²) in [5.74, 6) is 1.22. The molecule has 0 saturated carbocycles. The van der Waals surface area contributed by atoms with E-state index in [1.165, 1.54) is 16.6 Å². The number of carbonyl (C=O) groups is 1. The Labute approximate surface area is 186 Å². The van der Waals surface area contributed by atoms with Gasteiger partial charge in [0.1, 0.15) is 10.0 Å². The van der Waals surface area contributed by atoms with Crippen molar-refractivity contribution in [1.29, 1.82) is 0 Å². The molecule has 1 saturated heterocycles. The third-order valence-corrected chi connectivity index (χ3v) is 7.99. The van der Waals surface area contributed by atoms with E-state index in [9.17, 15) is 13.2 Å². The minimum absolute atomic E-state index is 0.000522. The molecule has 31 heavy (non-hydrogen) atoms. The summed E-state index contributed by atoms with van der Waals surface area (Å²) in [4.78, 5) is 18.8. The standard InChI is InChI=1S/C21H24ClN3O5S/c1-2-24(13-15-5-6-17-18(12-15)30-14-29-17)21(26)16-7-10-25(11-8-16)31(27,28)19-4-3-9-23-20(19)22/h3-6,9,12,16H,2,7-8,10-11,13-14H2,1H3. The third kappa shape index (κ3) is 4.49. The molecule has 0 N–H and O–H groups in total. The predicted octanol–water partition coefficient (Wildman–Crippen LogP) is 2.91. The van der Waals surface area contributed by atoms with Gasteiger partial charge >= 0.3 is 0 Å². The SMILES string of the molecule is CCN(Cc1ccc2c(c1)OCO2)C(=O)C1CCN(S(=O)(=O)c2cccnc2Cl)CC1. The number of amides is 1. The fourth-order valence-electron chi connectivity index (χ4n) is 3.91. The zero-order chi connectivity index (χ0) is 22.0. The average molecular weight is 466 g/mol. The van der Waals surface area contributed by atoms with Crippen molar-refractivity contribution in [3.8, 4) is 11.5 Å². The van der Waals surface area contributed by atoms with Crippen LogP contribution in [0.15, 0.2) is 41.4 Å². The summed E-state index contributed by atoms with van der Waals surface area (Å²) < 4.78 is 37.9. The van der Waals surface area contributed by atoms with Crippen LogP contribution in [-0.4, -0.2) is 54.9 Å². The van der Waals surface area contributed by atoms with E-state index in [1.54, 1.807) is 11.0 Å². The monoisotopic (exact) mass is 465 g/mol. The highest BCUT2D eigenvalue weighted by molar-refractivity contribution is 7.89. The van der Waals surface area contributed by atoms with E-state index in [-0.39, 0.29) is 41.8 Å². The number of piperidine rings is 1. The molecule has 0 atom stereocenters. The minimum Gasteiger partial charge on any atom is -0.454 e. The Morgan fingerprint density at radius 1 is 1.23 bits per heavy atom. The van der Waals surface area contributed by atoms with Gasteiger partial charge in [0.15, 0.2) is 11.5 Å². The first-order valence-electron chi connectivity index (χ1n) is 10.2. The molecular formula is C21H24ClN3O5S. The Hall–Kier alpha value is -2.36. The van der Waals surface area contributed by atoms with Gasteiger partial charge in [-0.3, -0.25) is 4.79 Å². The van der Waals surface area contributed by atoms with Crippen molar-refractivity contribution in [2.75, 3.05) is 26.4 Å². The van der Waals surface area contributed by atoms with Gasteiger partial charge in [-0.1, -0.05) is 17.7 Å². The fraction of sp³-hybridized carbons (Fsp3) is 0.429. The van der Waals surface area contributed by atoms with Gasteiger partial charge in [0, 0.05) is 38.3 Å². The number of pyridine rings is 1. The van der Waals surface area contributed by atoms with Crippen molar-refractivity contribution in [2.45, 2.75) is 31.2 Å². The van der Waals surface area contributed by atoms with Gasteiger partial charge in [-0.05, 0) is 49.6 Å². The molecule has 0 bridgehead atoms. The lowest BCUT2D eigenvalue weighted by molar-refractivity contribution is -0.137. The number of benzene rings is 1. The van der Waals surface area contributed by atoms with Crippen LogP contribution in [0.3, 0.4) is 0 Å². The molecule has 1 amide bonds. The van der Waals surface area contributed by atoms with E-state index >= 15 is 0 Å². The summed E-state index contributed by atoms with van der Waals surface area (Å²) >= 11 is 5.99. The van der Waals surface area contributed by atoms with Crippen LogP contribution >= 0.6 is 11.6 Å². The van der Waals surface area contributed by atoms with Gasteiger partial charge < -0.3 is 14.4 Å². The van der Waals surface area contributed by atoms with E-state index in [4.69, 9.17) is 21.1 Å². The second-order valence-corrected chi connectivity index (χ2v) is 9.78. The van der Waals surface area contributed by atoms with Gasteiger partial charge in [-0.25, -0.2) is 13.4 Å². The van der Waals surface area contributed by atoms with Crippen LogP contribution in [0.4, 0.5) is 0 Å². The molecule has 10 heteroatoms. The molecule has 2 aromatic rings. The van der Waals surface area contributed by atoms with Crippen LogP contribution in [0, 0.1) is 5.92 Å². The molecule has 166 valence electrons. The maximum atomic E-state index is 13.1. The number of hydrogen-bond donors (Lipinski definition) is 0. The highest BCUT2D eigenvalue weighted by Gasteiger charge is 2.34. The zero-order valence-electron chi connectivity index (χ0n) is 17.2. The number of nitrogens with zero attached hydrogens (tertiary/aromatic N) is 3. The number of hydrogen-bond acceptors (Lipinski definition) is 6. The third-order valence-electron chi connectivity index (χ3n) is 5.65. The summed E-state index contributed by atoms with van der Waals surface area (Å²) in [5.41, 5.74) is 0.964. The molecule has 8 nitrogen and oxygen atoms in total. The van der Waals surface area contributed by atoms with Crippen LogP contribution < -0.4 is 9.47 Å². The Bertz CT molecular complexity index is 1070. The number of sulfonamides is 1. The number of carbonyl (C=O) groups excluding carboxylic acids is 1. The quantitative estimate of drug-likeness (QED) is 0.609. The molecule has 1 aromatic heterocycles. The maximum absolute atomic E-state index is 13.1. The Morgan fingerprint density at radius 2 is 1.97 bits per heavy atom. The van der Waals surface area contributed by atoms with Gasteiger partial charge in [-0.15, -0.1) is 0 Å². The summed E-state index contributed by atoms with van der Waals surface area (Å²) in [7, 11) is -3.73. The van der Waals surface area contributed by atoms with Crippen molar-refractivity contribution >= 4 is 27.5 Å². The summed E-state index contributed by atoms with van der Waals surface area (Å²) in [6.45, 7) is 3.72. The number of halogens is 1. The van der Waals surface area contributed by atoms with E-state index in [0.29, 0.717) is 37.4 Å². The van der Waals surface area contributed by atoms with Crippen LogP contribution in [0.2, 0.25) is 5.15 Å².